The van der Waals surface area contributed by atoms with Crippen molar-refractivity contribution in [2.45, 2.75) is 19.2 Å². The van der Waals surface area contributed by atoms with E-state index in [-0.39, 0.29) is 11.3 Å². The third kappa shape index (κ3) is 3.31. The van der Waals surface area contributed by atoms with Gasteiger partial charge in [0.25, 0.3) is 0 Å². The summed E-state index contributed by atoms with van der Waals surface area (Å²) in [6, 6.07) is 16.2. The summed E-state index contributed by atoms with van der Waals surface area (Å²) in [6.07, 6.45) is 0. The zero-order valence-corrected chi connectivity index (χ0v) is 13.3. The van der Waals surface area contributed by atoms with Gasteiger partial charge in [-0.25, -0.2) is 0 Å². The average Bonchev–Trinajstić information content (AvgIpc) is 2.98. The highest BCUT2D eigenvalue weighted by atomic mass is 32.2. The van der Waals surface area contributed by atoms with Crippen molar-refractivity contribution in [3.63, 3.8) is 0 Å². The number of rotatable bonds is 3. The van der Waals surface area contributed by atoms with Crippen molar-refractivity contribution < 1.29 is 4.79 Å². The van der Waals surface area contributed by atoms with Crippen molar-refractivity contribution in [1.29, 1.82) is 0 Å². The first kappa shape index (κ1) is 14.7. The Morgan fingerprint density at radius 2 is 1.82 bits per heavy atom. The maximum Gasteiger partial charge on any atom is 0.221 e. The molecule has 0 radical (unpaired) electrons. The standard InChI is InChI=1S/C17H17N3OS/c1-11-3-5-13(6-4-11)16-19-20-17(22-16)14-7-9-15(10-8-14)18-12(2)21/h3-10,17,20H,1-2H3,(H,18,21)/t17-/m1/s1. The molecular formula is C17H17N3OS. The predicted molar refractivity (Wildman–Crippen MR) is 91.9 cm³/mol. The molecule has 1 atom stereocenters. The van der Waals surface area contributed by atoms with Crippen LogP contribution in [0.4, 0.5) is 5.69 Å². The number of carbonyl (C=O) groups excluding carboxylic acids is 1. The molecule has 0 fully saturated rings. The Bertz CT molecular complexity index is 708. The number of aryl methyl sites for hydroxylation is 1. The van der Waals surface area contributed by atoms with Crippen LogP contribution in [0.2, 0.25) is 0 Å². The lowest BCUT2D eigenvalue weighted by molar-refractivity contribution is -0.114. The zero-order chi connectivity index (χ0) is 15.5. The van der Waals surface area contributed by atoms with E-state index in [4.69, 9.17) is 0 Å². The van der Waals surface area contributed by atoms with E-state index in [1.54, 1.807) is 11.8 Å². The van der Waals surface area contributed by atoms with Gasteiger partial charge in [0, 0.05) is 18.2 Å². The van der Waals surface area contributed by atoms with Crippen LogP contribution in [-0.2, 0) is 4.79 Å². The van der Waals surface area contributed by atoms with Gasteiger partial charge >= 0.3 is 0 Å². The van der Waals surface area contributed by atoms with Crippen molar-refractivity contribution >= 4 is 28.4 Å². The van der Waals surface area contributed by atoms with E-state index in [1.165, 1.54) is 12.5 Å². The summed E-state index contributed by atoms with van der Waals surface area (Å²) in [4.78, 5) is 11.0. The lowest BCUT2D eigenvalue weighted by atomic mass is 10.2. The fraction of sp³-hybridized carbons (Fsp3) is 0.176. The first-order valence-electron chi connectivity index (χ1n) is 7.06. The Balaban J connectivity index is 1.68. The van der Waals surface area contributed by atoms with Crippen LogP contribution in [0.1, 0.15) is 29.0 Å². The minimum atomic E-state index is -0.0638. The van der Waals surface area contributed by atoms with E-state index in [2.05, 4.69) is 47.0 Å². The first-order chi connectivity index (χ1) is 10.6. The van der Waals surface area contributed by atoms with E-state index in [1.807, 2.05) is 24.3 Å². The van der Waals surface area contributed by atoms with Crippen molar-refractivity contribution in [2.75, 3.05) is 5.32 Å². The van der Waals surface area contributed by atoms with Gasteiger partial charge < -0.3 is 5.32 Å². The highest BCUT2D eigenvalue weighted by Gasteiger charge is 2.21. The molecule has 1 aliphatic rings. The third-order valence-corrected chi connectivity index (χ3v) is 4.51. The van der Waals surface area contributed by atoms with E-state index < -0.39 is 0 Å². The second-order valence-corrected chi connectivity index (χ2v) is 6.31. The molecule has 112 valence electrons. The summed E-state index contributed by atoms with van der Waals surface area (Å²) in [6.45, 7) is 3.58. The van der Waals surface area contributed by atoms with E-state index in [0.717, 1.165) is 21.9 Å². The number of hydrazone groups is 1. The van der Waals surface area contributed by atoms with Gasteiger partial charge in [0.2, 0.25) is 5.91 Å². The van der Waals surface area contributed by atoms with Crippen LogP contribution < -0.4 is 10.7 Å². The second kappa shape index (κ2) is 6.23. The van der Waals surface area contributed by atoms with Crippen LogP contribution in [0.25, 0.3) is 0 Å². The summed E-state index contributed by atoms with van der Waals surface area (Å²) in [5.74, 6) is -0.0638. The number of nitrogens with one attached hydrogen (secondary N) is 2. The van der Waals surface area contributed by atoms with Gasteiger partial charge in [-0.2, -0.15) is 5.10 Å². The number of amides is 1. The van der Waals surface area contributed by atoms with Crippen LogP contribution in [0.5, 0.6) is 0 Å². The molecule has 1 heterocycles. The summed E-state index contributed by atoms with van der Waals surface area (Å²) in [5.41, 5.74) is 7.46. The Labute approximate surface area is 134 Å². The lowest BCUT2D eigenvalue weighted by Crippen LogP contribution is -2.08. The van der Waals surface area contributed by atoms with E-state index >= 15 is 0 Å². The molecular weight excluding hydrogens is 294 g/mol. The van der Waals surface area contributed by atoms with Crippen LogP contribution >= 0.6 is 11.8 Å². The summed E-state index contributed by atoms with van der Waals surface area (Å²) < 4.78 is 0. The Kier molecular flexibility index (Phi) is 4.15. The topological polar surface area (TPSA) is 53.5 Å². The predicted octanol–water partition coefficient (Wildman–Crippen LogP) is 3.65. The quantitative estimate of drug-likeness (QED) is 0.909. The van der Waals surface area contributed by atoms with Crippen molar-refractivity contribution in [3.8, 4) is 0 Å². The van der Waals surface area contributed by atoms with Gasteiger partial charge in [-0.1, -0.05) is 53.7 Å². The van der Waals surface area contributed by atoms with Crippen LogP contribution in [0.15, 0.2) is 53.6 Å². The molecule has 2 aromatic carbocycles. The van der Waals surface area contributed by atoms with Crippen LogP contribution in [0.3, 0.4) is 0 Å². The number of carbonyl (C=O) groups is 1. The minimum absolute atomic E-state index is 0.0638. The third-order valence-electron chi connectivity index (χ3n) is 3.35. The van der Waals surface area contributed by atoms with Gasteiger partial charge in [0.15, 0.2) is 0 Å². The fourth-order valence-corrected chi connectivity index (χ4v) is 3.20. The molecule has 2 N–H and O–H groups in total. The molecule has 22 heavy (non-hydrogen) atoms. The van der Waals surface area contributed by atoms with Crippen LogP contribution in [0, 0.1) is 6.92 Å². The summed E-state index contributed by atoms with van der Waals surface area (Å²) in [5, 5.41) is 8.29. The maximum atomic E-state index is 11.0. The summed E-state index contributed by atoms with van der Waals surface area (Å²) >= 11 is 1.69. The molecule has 0 saturated carbocycles. The number of hydrogen-bond acceptors (Lipinski definition) is 4. The van der Waals surface area contributed by atoms with Gasteiger partial charge in [0.05, 0.1) is 0 Å². The molecule has 1 aliphatic heterocycles. The SMILES string of the molecule is CC(=O)Nc1ccc([C@@H]2NN=C(c3ccc(C)cc3)S2)cc1. The number of nitrogens with zero attached hydrogens (tertiary/aromatic N) is 1. The minimum Gasteiger partial charge on any atom is -0.326 e. The smallest absolute Gasteiger partial charge is 0.221 e. The Morgan fingerprint density at radius 3 is 2.45 bits per heavy atom. The van der Waals surface area contributed by atoms with Gasteiger partial charge in [0.1, 0.15) is 10.4 Å². The Morgan fingerprint density at radius 1 is 1.14 bits per heavy atom. The molecule has 0 saturated heterocycles. The molecule has 1 amide bonds. The van der Waals surface area contributed by atoms with E-state index in [0.29, 0.717) is 0 Å². The highest BCUT2D eigenvalue weighted by molar-refractivity contribution is 8.14. The molecule has 0 unspecified atom stereocenters. The lowest BCUT2D eigenvalue weighted by Gasteiger charge is -2.10. The number of benzene rings is 2. The van der Waals surface area contributed by atoms with E-state index in [9.17, 15) is 4.79 Å². The maximum absolute atomic E-state index is 11.0. The molecule has 2 aromatic rings. The van der Waals surface area contributed by atoms with Crippen molar-refractivity contribution in [2.24, 2.45) is 5.10 Å². The first-order valence-corrected chi connectivity index (χ1v) is 7.94. The van der Waals surface area contributed by atoms with Crippen LogP contribution in [-0.4, -0.2) is 11.0 Å². The monoisotopic (exact) mass is 311 g/mol. The molecule has 0 spiro atoms. The Hall–Kier alpha value is -2.27. The molecule has 5 heteroatoms. The van der Waals surface area contributed by atoms with Crippen molar-refractivity contribution in [1.82, 2.24) is 5.43 Å². The highest BCUT2D eigenvalue weighted by Crippen LogP contribution is 2.34. The normalized spacial score (nSPS) is 16.8. The largest absolute Gasteiger partial charge is 0.326 e. The van der Waals surface area contributed by atoms with Gasteiger partial charge in [-0.05, 0) is 24.6 Å². The summed E-state index contributed by atoms with van der Waals surface area (Å²) in [7, 11) is 0. The molecule has 3 rings (SSSR count). The fourth-order valence-electron chi connectivity index (χ4n) is 2.20. The van der Waals surface area contributed by atoms with Gasteiger partial charge in [-0.3, -0.25) is 10.2 Å². The second-order valence-electron chi connectivity index (χ2n) is 5.21. The molecule has 0 aromatic heterocycles. The zero-order valence-electron chi connectivity index (χ0n) is 12.5. The van der Waals surface area contributed by atoms with Gasteiger partial charge in [-0.15, -0.1) is 0 Å². The number of thioether (sulfide) groups is 1. The number of anilines is 1. The number of hydrogen-bond donors (Lipinski definition) is 2. The molecule has 0 aliphatic carbocycles. The van der Waals surface area contributed by atoms with Crippen molar-refractivity contribution in [3.05, 3.63) is 65.2 Å². The average molecular weight is 311 g/mol. The molecule has 4 nitrogen and oxygen atoms in total. The molecule has 0 bridgehead atoms.